The number of hydrogen-bond acceptors (Lipinski definition) is 6. The molecule has 0 rings (SSSR count). The normalized spacial score (nSPS) is 11.6. The quantitative estimate of drug-likeness (QED) is 0.556. The molecule has 1 N–H and O–H groups in total. The summed E-state index contributed by atoms with van der Waals surface area (Å²) in [5.74, 6) is -3.40. The van der Waals surface area contributed by atoms with E-state index in [-0.39, 0.29) is 12.1 Å². The summed E-state index contributed by atoms with van der Waals surface area (Å²) in [5.41, 5.74) is -0.804. The zero-order valence-corrected chi connectivity index (χ0v) is 13.3. The van der Waals surface area contributed by atoms with Gasteiger partial charge in [0.15, 0.2) is 6.61 Å². The largest absolute Gasteiger partial charge is 0.478 e. The number of carboxylic acids is 1. The molecule has 0 radical (unpaired) electrons. The van der Waals surface area contributed by atoms with E-state index in [1.54, 1.807) is 20.8 Å². The highest BCUT2D eigenvalue weighted by molar-refractivity contribution is 5.96. The van der Waals surface area contributed by atoms with Crippen LogP contribution < -0.4 is 0 Å². The Hall–Kier alpha value is -2.38. The molecule has 0 aromatic heterocycles. The molecule has 0 aliphatic heterocycles. The molecule has 0 unspecified atom stereocenters. The zero-order chi connectivity index (χ0) is 17.5. The van der Waals surface area contributed by atoms with Crippen molar-refractivity contribution in [3.63, 3.8) is 0 Å². The van der Waals surface area contributed by atoms with Crippen LogP contribution in [0.25, 0.3) is 0 Å². The number of carbonyl (C=O) groups is 4. The van der Waals surface area contributed by atoms with Crippen LogP contribution >= 0.6 is 0 Å². The predicted molar refractivity (Wildman–Crippen MR) is 75.8 cm³/mol. The van der Waals surface area contributed by atoms with Gasteiger partial charge in [0, 0.05) is 18.7 Å². The molecule has 22 heavy (non-hydrogen) atoms. The van der Waals surface area contributed by atoms with Crippen LogP contribution in [0.1, 0.15) is 27.7 Å². The maximum Gasteiger partial charge on any atom is 0.334 e. The Morgan fingerprint density at radius 2 is 1.73 bits per heavy atom. The van der Waals surface area contributed by atoms with E-state index in [1.165, 1.54) is 14.0 Å². The van der Waals surface area contributed by atoms with Gasteiger partial charge in [-0.2, -0.15) is 0 Å². The van der Waals surface area contributed by atoms with Crippen LogP contribution in [-0.4, -0.2) is 59.6 Å². The minimum Gasteiger partial charge on any atom is -0.478 e. The molecule has 8 heteroatoms. The van der Waals surface area contributed by atoms with Crippen molar-refractivity contribution >= 4 is 23.8 Å². The van der Waals surface area contributed by atoms with Gasteiger partial charge in [-0.25, -0.2) is 9.59 Å². The van der Waals surface area contributed by atoms with Crippen molar-refractivity contribution in [1.29, 1.82) is 0 Å². The molecule has 1 amide bonds. The highest BCUT2D eigenvalue weighted by Crippen LogP contribution is 2.07. The van der Waals surface area contributed by atoms with E-state index in [0.717, 1.165) is 4.90 Å². The van der Waals surface area contributed by atoms with Crippen LogP contribution in [0.5, 0.6) is 0 Å². The van der Waals surface area contributed by atoms with Crippen molar-refractivity contribution in [2.45, 2.75) is 33.3 Å². The maximum atomic E-state index is 11.7. The summed E-state index contributed by atoms with van der Waals surface area (Å²) >= 11 is 0. The Morgan fingerprint density at radius 1 is 1.18 bits per heavy atom. The highest BCUT2D eigenvalue weighted by Gasteiger charge is 2.20. The van der Waals surface area contributed by atoms with Crippen molar-refractivity contribution in [1.82, 2.24) is 4.90 Å². The summed E-state index contributed by atoms with van der Waals surface area (Å²) in [6, 6.07) is 0. The molecule has 0 saturated heterocycles. The number of carbonyl (C=O) groups excluding carboxylic acids is 3. The average Bonchev–Trinajstić information content (AvgIpc) is 2.31. The van der Waals surface area contributed by atoms with Gasteiger partial charge < -0.3 is 19.5 Å². The van der Waals surface area contributed by atoms with E-state index >= 15 is 0 Å². The first kappa shape index (κ1) is 19.6. The van der Waals surface area contributed by atoms with Crippen molar-refractivity contribution in [3.8, 4) is 0 Å². The number of likely N-dealkylation sites (N-methyl/N-ethyl adjacent to an activating group) is 1. The number of ether oxygens (including phenoxy) is 2. The minimum absolute atomic E-state index is 0.143. The summed E-state index contributed by atoms with van der Waals surface area (Å²) in [5, 5.41) is 8.48. The molecule has 0 aliphatic carbocycles. The highest BCUT2D eigenvalue weighted by atomic mass is 16.6. The second-order valence-electron chi connectivity index (χ2n) is 5.58. The fraction of sp³-hybridized carbons (Fsp3) is 0.571. The lowest BCUT2D eigenvalue weighted by molar-refractivity contribution is -0.159. The molecule has 124 valence electrons. The molecule has 8 nitrogen and oxygen atoms in total. The molecule has 0 saturated carbocycles. The molecule has 0 aliphatic rings. The number of rotatable bonds is 6. The van der Waals surface area contributed by atoms with Crippen LogP contribution in [0.15, 0.2) is 11.6 Å². The summed E-state index contributed by atoms with van der Waals surface area (Å²) in [7, 11) is 1.36. The lowest BCUT2D eigenvalue weighted by Gasteiger charge is -2.22. The molecule has 0 spiro atoms. The van der Waals surface area contributed by atoms with E-state index in [2.05, 4.69) is 4.74 Å². The van der Waals surface area contributed by atoms with E-state index in [1.807, 2.05) is 0 Å². The van der Waals surface area contributed by atoms with E-state index < -0.39 is 36.0 Å². The smallest absolute Gasteiger partial charge is 0.334 e. The third-order valence-electron chi connectivity index (χ3n) is 2.20. The first-order valence-corrected chi connectivity index (χ1v) is 6.46. The van der Waals surface area contributed by atoms with E-state index in [0.29, 0.717) is 6.08 Å². The molecule has 0 aromatic rings. The molecular formula is C14H21NO7. The summed E-state index contributed by atoms with van der Waals surface area (Å²) < 4.78 is 9.71. The maximum absolute atomic E-state index is 11.7. The van der Waals surface area contributed by atoms with Crippen LogP contribution in [0.2, 0.25) is 0 Å². The van der Waals surface area contributed by atoms with Crippen LogP contribution in [-0.2, 0) is 28.7 Å². The summed E-state index contributed by atoms with van der Waals surface area (Å²) in [6.07, 6.45) is 0.678. The summed E-state index contributed by atoms with van der Waals surface area (Å²) in [4.78, 5) is 46.1. The Morgan fingerprint density at radius 3 is 2.18 bits per heavy atom. The zero-order valence-electron chi connectivity index (χ0n) is 13.3. The number of carboxylic acid groups (broad SMARTS) is 1. The second-order valence-corrected chi connectivity index (χ2v) is 5.58. The van der Waals surface area contributed by atoms with Crippen molar-refractivity contribution in [2.24, 2.45) is 0 Å². The Kier molecular flexibility index (Phi) is 7.28. The third kappa shape index (κ3) is 8.72. The lowest BCUT2D eigenvalue weighted by atomic mass is 10.2. The first-order valence-electron chi connectivity index (χ1n) is 6.46. The van der Waals surface area contributed by atoms with Gasteiger partial charge in [-0.3, -0.25) is 9.59 Å². The van der Waals surface area contributed by atoms with Gasteiger partial charge in [0.1, 0.15) is 12.1 Å². The second kappa shape index (κ2) is 8.16. The Labute approximate surface area is 128 Å². The minimum atomic E-state index is -1.29. The average molecular weight is 315 g/mol. The number of hydrogen-bond donors (Lipinski definition) is 1. The molecule has 0 fully saturated rings. The van der Waals surface area contributed by atoms with Gasteiger partial charge in [-0.05, 0) is 27.7 Å². The number of amides is 1. The van der Waals surface area contributed by atoms with Crippen LogP contribution in [0.4, 0.5) is 0 Å². The number of aliphatic carboxylic acids is 1. The predicted octanol–water partition coefficient (Wildman–Crippen LogP) is 0.361. The standard InChI is InChI=1S/C14H21NO7/c1-9(6-11(17)18)13(20)21-8-10(16)15(5)7-12(19)22-14(2,3)4/h6H,7-8H2,1-5H3,(H,17,18). The lowest BCUT2D eigenvalue weighted by Crippen LogP contribution is -2.38. The summed E-state index contributed by atoms with van der Waals surface area (Å²) in [6.45, 7) is 5.48. The van der Waals surface area contributed by atoms with Crippen molar-refractivity contribution in [2.75, 3.05) is 20.2 Å². The first-order chi connectivity index (χ1) is 9.92. The number of nitrogens with zero attached hydrogens (tertiary/aromatic N) is 1. The van der Waals surface area contributed by atoms with E-state index in [9.17, 15) is 19.2 Å². The Bertz CT molecular complexity index is 488. The fourth-order valence-corrected chi connectivity index (χ4v) is 1.25. The van der Waals surface area contributed by atoms with Gasteiger partial charge in [0.25, 0.3) is 5.91 Å². The van der Waals surface area contributed by atoms with E-state index in [4.69, 9.17) is 9.84 Å². The van der Waals surface area contributed by atoms with Crippen molar-refractivity contribution < 1.29 is 33.8 Å². The molecule has 0 bridgehead atoms. The number of esters is 2. The topological polar surface area (TPSA) is 110 Å². The van der Waals surface area contributed by atoms with Crippen molar-refractivity contribution in [3.05, 3.63) is 11.6 Å². The van der Waals surface area contributed by atoms with Crippen LogP contribution in [0.3, 0.4) is 0 Å². The molecule has 0 heterocycles. The van der Waals surface area contributed by atoms with Gasteiger partial charge in [0.05, 0.1) is 0 Å². The fourth-order valence-electron chi connectivity index (χ4n) is 1.25. The van der Waals surface area contributed by atoms with Gasteiger partial charge in [0.2, 0.25) is 0 Å². The molecule has 0 aromatic carbocycles. The molecule has 0 atom stereocenters. The monoisotopic (exact) mass is 315 g/mol. The van der Waals surface area contributed by atoms with Crippen LogP contribution in [0, 0.1) is 0 Å². The third-order valence-corrected chi connectivity index (χ3v) is 2.20. The SMILES string of the molecule is CC(=CC(=O)O)C(=O)OCC(=O)N(C)CC(=O)OC(C)(C)C. The van der Waals surface area contributed by atoms with Gasteiger partial charge in [-0.15, -0.1) is 0 Å². The Balaban J connectivity index is 4.35. The van der Waals surface area contributed by atoms with Gasteiger partial charge >= 0.3 is 17.9 Å². The van der Waals surface area contributed by atoms with Gasteiger partial charge in [-0.1, -0.05) is 0 Å². The molecular weight excluding hydrogens is 294 g/mol.